The first-order valence-corrected chi connectivity index (χ1v) is 13.9. The molecule has 0 radical (unpaired) electrons. The minimum Gasteiger partial charge on any atom is -0.465 e. The van der Waals surface area contributed by atoms with E-state index >= 15 is 0 Å². The zero-order valence-corrected chi connectivity index (χ0v) is 22.6. The maximum absolute atomic E-state index is 14.0. The molecule has 3 aromatic rings. The standard InChI is InChI=1S/C29H31N3O5S/c1-16-22(27(34)36-2)26(38-23(16)28(35)37-3)30-25(33)21-15-32(20-7-5-4-6-8-20)31-24(21)29-12-17-9-18(13-29)11-19(10-17)14-29/h4-8,15,17-19H,9-14H2,1-3H3,(H,30,33). The fraction of sp³-hybridized carbons (Fsp3) is 0.448. The third-order valence-electron chi connectivity index (χ3n) is 8.65. The number of thiophene rings is 1. The van der Waals surface area contributed by atoms with Gasteiger partial charge in [0.05, 0.1) is 36.7 Å². The summed E-state index contributed by atoms with van der Waals surface area (Å²) in [7, 11) is 2.56. The van der Waals surface area contributed by atoms with E-state index in [1.807, 2.05) is 30.3 Å². The zero-order chi connectivity index (χ0) is 26.6. The Morgan fingerprint density at radius 3 is 2.16 bits per heavy atom. The lowest BCUT2D eigenvalue weighted by Gasteiger charge is -2.56. The van der Waals surface area contributed by atoms with E-state index in [1.165, 1.54) is 33.5 Å². The van der Waals surface area contributed by atoms with Gasteiger partial charge in [-0.1, -0.05) is 18.2 Å². The van der Waals surface area contributed by atoms with Crippen LogP contribution in [0.1, 0.15) is 80.2 Å². The molecule has 9 heteroatoms. The molecule has 7 rings (SSSR count). The van der Waals surface area contributed by atoms with Gasteiger partial charge in [0.25, 0.3) is 5.91 Å². The zero-order valence-electron chi connectivity index (χ0n) is 21.8. The van der Waals surface area contributed by atoms with Crippen molar-refractivity contribution in [3.8, 4) is 5.69 Å². The molecule has 4 bridgehead atoms. The van der Waals surface area contributed by atoms with Crippen LogP contribution in [0.25, 0.3) is 5.69 Å². The molecule has 2 heterocycles. The number of amides is 1. The summed E-state index contributed by atoms with van der Waals surface area (Å²) in [5, 5.41) is 8.27. The predicted molar refractivity (Wildman–Crippen MR) is 143 cm³/mol. The molecular weight excluding hydrogens is 502 g/mol. The van der Waals surface area contributed by atoms with Crippen molar-refractivity contribution < 1.29 is 23.9 Å². The lowest BCUT2D eigenvalue weighted by atomic mass is 9.48. The number of benzene rings is 1. The topological polar surface area (TPSA) is 99.5 Å². The highest BCUT2D eigenvalue weighted by atomic mass is 32.1. The molecule has 38 heavy (non-hydrogen) atoms. The number of anilines is 1. The molecule has 0 unspecified atom stereocenters. The SMILES string of the molecule is COC(=O)c1sc(NC(=O)c2cn(-c3ccccc3)nc2C23CC4CC(CC(C4)C2)C3)c(C(=O)OC)c1C. The molecule has 1 N–H and O–H groups in total. The van der Waals surface area contributed by atoms with Gasteiger partial charge in [0.15, 0.2) is 0 Å². The normalized spacial score (nSPS) is 25.3. The van der Waals surface area contributed by atoms with Crippen LogP contribution in [-0.4, -0.2) is 41.8 Å². The second-order valence-electron chi connectivity index (χ2n) is 11.1. The van der Waals surface area contributed by atoms with Crippen LogP contribution >= 0.6 is 11.3 Å². The summed E-state index contributed by atoms with van der Waals surface area (Å²) in [4.78, 5) is 39.2. The molecule has 4 saturated carbocycles. The van der Waals surface area contributed by atoms with Gasteiger partial charge >= 0.3 is 11.9 Å². The van der Waals surface area contributed by atoms with Crippen LogP contribution in [0.3, 0.4) is 0 Å². The number of hydrogen-bond donors (Lipinski definition) is 1. The van der Waals surface area contributed by atoms with Crippen LogP contribution < -0.4 is 5.32 Å². The lowest BCUT2D eigenvalue weighted by Crippen LogP contribution is -2.49. The molecule has 0 spiro atoms. The van der Waals surface area contributed by atoms with Gasteiger partial charge in [-0.05, 0) is 80.9 Å². The van der Waals surface area contributed by atoms with E-state index in [2.05, 4.69) is 5.32 Å². The molecule has 4 fully saturated rings. The monoisotopic (exact) mass is 533 g/mol. The van der Waals surface area contributed by atoms with Gasteiger partial charge in [0, 0.05) is 11.6 Å². The maximum atomic E-state index is 14.0. The van der Waals surface area contributed by atoms with Crippen molar-refractivity contribution in [3.05, 3.63) is 63.8 Å². The highest BCUT2D eigenvalue weighted by Gasteiger charge is 2.54. The first-order chi connectivity index (χ1) is 18.3. The van der Waals surface area contributed by atoms with E-state index in [-0.39, 0.29) is 26.8 Å². The van der Waals surface area contributed by atoms with Crippen LogP contribution in [0.4, 0.5) is 5.00 Å². The van der Waals surface area contributed by atoms with Gasteiger partial charge < -0.3 is 14.8 Å². The average molecular weight is 534 g/mol. The number of esters is 2. The third kappa shape index (κ3) is 4.04. The maximum Gasteiger partial charge on any atom is 0.348 e. The Kier molecular flexibility index (Phi) is 6.13. The van der Waals surface area contributed by atoms with E-state index in [9.17, 15) is 14.4 Å². The second kappa shape index (κ2) is 9.38. The Balaban J connectivity index is 1.43. The van der Waals surface area contributed by atoms with E-state index in [4.69, 9.17) is 14.6 Å². The molecule has 0 aliphatic heterocycles. The fourth-order valence-corrected chi connectivity index (χ4v) is 8.56. The highest BCUT2D eigenvalue weighted by Crippen LogP contribution is 2.61. The van der Waals surface area contributed by atoms with Crippen molar-refractivity contribution >= 4 is 34.2 Å². The number of carbonyl (C=O) groups excluding carboxylic acids is 3. The van der Waals surface area contributed by atoms with Crippen molar-refractivity contribution in [2.24, 2.45) is 17.8 Å². The summed E-state index contributed by atoms with van der Waals surface area (Å²) in [6, 6.07) is 9.80. The number of nitrogens with zero attached hydrogens (tertiary/aromatic N) is 2. The van der Waals surface area contributed by atoms with Crippen LogP contribution in [0.15, 0.2) is 36.5 Å². The summed E-state index contributed by atoms with van der Waals surface area (Å²) in [6.07, 6.45) is 8.84. The summed E-state index contributed by atoms with van der Waals surface area (Å²) in [5.41, 5.74) is 2.71. The fourth-order valence-electron chi connectivity index (χ4n) is 7.45. The number of para-hydroxylation sites is 1. The Bertz CT molecular complexity index is 1390. The molecule has 4 aliphatic rings. The number of nitrogens with one attached hydrogen (secondary N) is 1. The molecular formula is C29H31N3O5S. The molecule has 8 nitrogen and oxygen atoms in total. The summed E-state index contributed by atoms with van der Waals surface area (Å²) in [6.45, 7) is 1.65. The first kappa shape index (κ1) is 24.9. The Labute approximate surface area is 225 Å². The Hall–Kier alpha value is -3.46. The van der Waals surface area contributed by atoms with Gasteiger partial charge in [-0.25, -0.2) is 14.3 Å². The van der Waals surface area contributed by atoms with Gasteiger partial charge in [0.1, 0.15) is 9.88 Å². The van der Waals surface area contributed by atoms with E-state index < -0.39 is 11.9 Å². The Morgan fingerprint density at radius 2 is 1.58 bits per heavy atom. The number of ether oxygens (including phenoxy) is 2. The molecule has 4 aliphatic carbocycles. The minimum absolute atomic E-state index is 0.116. The van der Waals surface area contributed by atoms with Gasteiger partial charge in [-0.15, -0.1) is 11.3 Å². The Morgan fingerprint density at radius 1 is 0.974 bits per heavy atom. The van der Waals surface area contributed by atoms with E-state index in [0.29, 0.717) is 28.9 Å². The van der Waals surface area contributed by atoms with E-state index in [0.717, 1.165) is 42.0 Å². The number of hydrogen-bond acceptors (Lipinski definition) is 7. The molecule has 2 aromatic heterocycles. The van der Waals surface area contributed by atoms with Crippen molar-refractivity contribution in [1.82, 2.24) is 9.78 Å². The number of aromatic nitrogens is 2. The van der Waals surface area contributed by atoms with Crippen molar-refractivity contribution in [1.29, 1.82) is 0 Å². The number of methoxy groups -OCH3 is 2. The second-order valence-corrected chi connectivity index (χ2v) is 12.1. The van der Waals surface area contributed by atoms with Crippen LogP contribution in [0.2, 0.25) is 0 Å². The summed E-state index contributed by atoms with van der Waals surface area (Å²) < 4.78 is 11.7. The lowest BCUT2D eigenvalue weighted by molar-refractivity contribution is -0.00765. The van der Waals surface area contributed by atoms with Crippen molar-refractivity contribution in [3.63, 3.8) is 0 Å². The van der Waals surface area contributed by atoms with Gasteiger partial charge in [-0.3, -0.25) is 4.79 Å². The average Bonchev–Trinajstić information content (AvgIpc) is 3.50. The smallest absolute Gasteiger partial charge is 0.348 e. The van der Waals surface area contributed by atoms with Crippen molar-refractivity contribution in [2.75, 3.05) is 19.5 Å². The quantitative estimate of drug-likeness (QED) is 0.418. The highest BCUT2D eigenvalue weighted by molar-refractivity contribution is 7.18. The molecule has 198 valence electrons. The minimum atomic E-state index is -0.620. The molecule has 1 aromatic carbocycles. The summed E-state index contributed by atoms with van der Waals surface area (Å²) >= 11 is 1.02. The predicted octanol–water partition coefficient (Wildman–Crippen LogP) is 5.54. The molecule has 0 atom stereocenters. The van der Waals surface area contributed by atoms with Crippen LogP contribution in [-0.2, 0) is 14.9 Å². The number of rotatable bonds is 6. The van der Waals surface area contributed by atoms with E-state index in [1.54, 1.807) is 17.8 Å². The number of carbonyl (C=O) groups is 3. The van der Waals surface area contributed by atoms with Gasteiger partial charge in [0.2, 0.25) is 0 Å². The third-order valence-corrected chi connectivity index (χ3v) is 9.84. The molecule has 1 amide bonds. The van der Waals surface area contributed by atoms with Gasteiger partial charge in [-0.2, -0.15) is 5.10 Å². The van der Waals surface area contributed by atoms with Crippen LogP contribution in [0, 0.1) is 24.7 Å². The first-order valence-electron chi connectivity index (χ1n) is 13.1. The van der Waals surface area contributed by atoms with Crippen molar-refractivity contribution in [2.45, 2.75) is 50.9 Å². The largest absolute Gasteiger partial charge is 0.465 e. The van der Waals surface area contributed by atoms with Crippen LogP contribution in [0.5, 0.6) is 0 Å². The molecule has 0 saturated heterocycles. The summed E-state index contributed by atoms with van der Waals surface area (Å²) in [5.74, 6) is 0.531.